The van der Waals surface area contributed by atoms with Crippen molar-refractivity contribution in [2.45, 2.75) is 50.6 Å². The van der Waals surface area contributed by atoms with Crippen molar-refractivity contribution in [3.05, 3.63) is 0 Å². The van der Waals surface area contributed by atoms with E-state index < -0.39 is 0 Å². The zero-order valence-corrected chi connectivity index (χ0v) is 10.6. The molecule has 0 bridgehead atoms. The number of rotatable bonds is 3. The third kappa shape index (κ3) is 2.89. The Hall–Kier alpha value is 0.270. The van der Waals surface area contributed by atoms with E-state index in [9.17, 15) is 0 Å². The van der Waals surface area contributed by atoms with Gasteiger partial charge in [-0.15, -0.1) is 0 Å². The third-order valence-electron chi connectivity index (χ3n) is 4.05. The Morgan fingerprint density at radius 2 is 2.07 bits per heavy atom. The van der Waals surface area contributed by atoms with E-state index in [1.165, 1.54) is 43.6 Å². The Morgan fingerprint density at radius 3 is 2.60 bits per heavy atom. The average Bonchev–Trinajstić information content (AvgIpc) is 2.65. The second-order valence-corrected chi connectivity index (χ2v) is 6.58. The summed E-state index contributed by atoms with van der Waals surface area (Å²) >= 11 is 2.08. The molecule has 1 aliphatic carbocycles. The van der Waals surface area contributed by atoms with Crippen LogP contribution in [0.25, 0.3) is 0 Å². The smallest absolute Gasteiger partial charge is 0.0322 e. The molecule has 1 saturated carbocycles. The highest BCUT2D eigenvalue weighted by molar-refractivity contribution is 7.99. The van der Waals surface area contributed by atoms with Gasteiger partial charge < -0.3 is 11.1 Å². The molecule has 1 aliphatic heterocycles. The first-order valence-electron chi connectivity index (χ1n) is 6.30. The fourth-order valence-corrected chi connectivity index (χ4v) is 4.22. The predicted octanol–water partition coefficient (Wildman–Crippen LogP) is 1.99. The van der Waals surface area contributed by atoms with Gasteiger partial charge in [0, 0.05) is 18.1 Å². The first kappa shape index (κ1) is 11.7. The van der Waals surface area contributed by atoms with Gasteiger partial charge in [0.25, 0.3) is 0 Å². The number of nitrogens with one attached hydrogen (secondary N) is 1. The summed E-state index contributed by atoms with van der Waals surface area (Å²) in [4.78, 5) is 0. The first-order valence-corrected chi connectivity index (χ1v) is 7.45. The lowest BCUT2D eigenvalue weighted by Gasteiger charge is -2.39. The monoisotopic (exact) mass is 228 g/mol. The van der Waals surface area contributed by atoms with Crippen LogP contribution in [0.5, 0.6) is 0 Å². The van der Waals surface area contributed by atoms with Crippen LogP contribution in [-0.4, -0.2) is 29.6 Å². The van der Waals surface area contributed by atoms with Gasteiger partial charge in [-0.2, -0.15) is 11.8 Å². The quantitative estimate of drug-likeness (QED) is 0.776. The van der Waals surface area contributed by atoms with Crippen LogP contribution in [0.4, 0.5) is 0 Å². The summed E-state index contributed by atoms with van der Waals surface area (Å²) in [6, 6.07) is 0.742. The molecular weight excluding hydrogens is 204 g/mol. The van der Waals surface area contributed by atoms with Crippen molar-refractivity contribution < 1.29 is 0 Å². The lowest BCUT2D eigenvalue weighted by molar-refractivity contribution is 0.269. The minimum absolute atomic E-state index is 0.278. The van der Waals surface area contributed by atoms with Crippen LogP contribution >= 0.6 is 11.8 Å². The van der Waals surface area contributed by atoms with E-state index in [0.717, 1.165) is 18.5 Å². The molecule has 2 fully saturated rings. The minimum Gasteiger partial charge on any atom is -0.329 e. The zero-order valence-electron chi connectivity index (χ0n) is 9.80. The van der Waals surface area contributed by atoms with Crippen molar-refractivity contribution >= 4 is 11.8 Å². The number of nitrogens with two attached hydrogens (primary N) is 1. The van der Waals surface area contributed by atoms with Gasteiger partial charge in [0.05, 0.1) is 0 Å². The summed E-state index contributed by atoms with van der Waals surface area (Å²) in [5, 5.41) is 3.87. The van der Waals surface area contributed by atoms with Crippen LogP contribution < -0.4 is 11.1 Å². The summed E-state index contributed by atoms with van der Waals surface area (Å²) in [6.45, 7) is 3.19. The number of thioether (sulfide) groups is 1. The summed E-state index contributed by atoms with van der Waals surface area (Å²) in [5.41, 5.74) is 6.26. The van der Waals surface area contributed by atoms with E-state index >= 15 is 0 Å². The van der Waals surface area contributed by atoms with E-state index in [1.807, 2.05) is 0 Å². The van der Waals surface area contributed by atoms with Crippen LogP contribution in [0.1, 0.15) is 39.0 Å². The fraction of sp³-hybridized carbons (Fsp3) is 1.00. The van der Waals surface area contributed by atoms with Gasteiger partial charge in [0.1, 0.15) is 0 Å². The fourth-order valence-electron chi connectivity index (χ4n) is 2.94. The van der Waals surface area contributed by atoms with Crippen molar-refractivity contribution in [1.82, 2.24) is 5.32 Å². The second-order valence-electron chi connectivity index (χ2n) is 5.36. The molecule has 0 spiro atoms. The molecule has 0 amide bonds. The van der Waals surface area contributed by atoms with Crippen molar-refractivity contribution in [3.63, 3.8) is 0 Å². The molecule has 2 unspecified atom stereocenters. The Bertz CT molecular complexity index is 202. The molecule has 3 heteroatoms. The van der Waals surface area contributed by atoms with E-state index in [0.29, 0.717) is 0 Å². The molecule has 3 N–H and O–H groups in total. The molecule has 88 valence electrons. The van der Waals surface area contributed by atoms with E-state index in [1.54, 1.807) is 0 Å². The maximum atomic E-state index is 5.98. The molecule has 2 atom stereocenters. The molecular formula is C12H24N2S. The van der Waals surface area contributed by atoms with Gasteiger partial charge in [-0.05, 0) is 49.5 Å². The molecule has 15 heavy (non-hydrogen) atoms. The highest BCUT2D eigenvalue weighted by atomic mass is 32.2. The maximum absolute atomic E-state index is 5.98. The Labute approximate surface area is 97.8 Å². The molecule has 0 aromatic rings. The Balaban J connectivity index is 1.89. The lowest BCUT2D eigenvalue weighted by Crippen LogP contribution is -2.56. The zero-order chi connectivity index (χ0) is 10.7. The van der Waals surface area contributed by atoms with Gasteiger partial charge >= 0.3 is 0 Å². The summed E-state index contributed by atoms with van der Waals surface area (Å²) < 4.78 is 0. The number of hydrogen-bond donors (Lipinski definition) is 2. The van der Waals surface area contributed by atoms with Crippen LogP contribution in [-0.2, 0) is 0 Å². The number of hydrogen-bond acceptors (Lipinski definition) is 3. The summed E-state index contributed by atoms with van der Waals surface area (Å²) in [7, 11) is 0. The topological polar surface area (TPSA) is 38.0 Å². The van der Waals surface area contributed by atoms with Crippen LogP contribution in [0.3, 0.4) is 0 Å². The molecule has 2 rings (SSSR count). The highest BCUT2D eigenvalue weighted by Crippen LogP contribution is 2.31. The van der Waals surface area contributed by atoms with Gasteiger partial charge in [0.15, 0.2) is 0 Å². The summed E-state index contributed by atoms with van der Waals surface area (Å²) in [6.07, 6.45) is 6.64. The highest BCUT2D eigenvalue weighted by Gasteiger charge is 2.34. The van der Waals surface area contributed by atoms with Crippen LogP contribution in [0.2, 0.25) is 0 Å². The molecule has 2 aliphatic rings. The molecule has 1 saturated heterocycles. The van der Waals surface area contributed by atoms with Crippen molar-refractivity contribution in [2.24, 2.45) is 11.7 Å². The second kappa shape index (κ2) is 5.07. The Morgan fingerprint density at radius 1 is 1.33 bits per heavy atom. The standard InChI is InChI=1S/C12H24N2S/c1-10-2-3-11(8-10)14-12(9-13)4-6-15-7-5-12/h10-11,14H,2-9,13H2,1H3. The SMILES string of the molecule is CC1CCC(NC2(CN)CCSCC2)C1. The van der Waals surface area contributed by atoms with Gasteiger partial charge in [0.2, 0.25) is 0 Å². The predicted molar refractivity (Wildman–Crippen MR) is 68.3 cm³/mol. The first-order chi connectivity index (χ1) is 7.24. The molecule has 0 aromatic heterocycles. The van der Waals surface area contributed by atoms with Gasteiger partial charge in [-0.25, -0.2) is 0 Å². The molecule has 0 radical (unpaired) electrons. The van der Waals surface area contributed by atoms with Crippen LogP contribution in [0.15, 0.2) is 0 Å². The largest absolute Gasteiger partial charge is 0.329 e. The van der Waals surface area contributed by atoms with E-state index in [2.05, 4.69) is 24.0 Å². The van der Waals surface area contributed by atoms with E-state index in [-0.39, 0.29) is 5.54 Å². The van der Waals surface area contributed by atoms with Crippen molar-refractivity contribution in [2.75, 3.05) is 18.1 Å². The Kier molecular flexibility index (Phi) is 3.97. The average molecular weight is 228 g/mol. The summed E-state index contributed by atoms with van der Waals surface area (Å²) in [5.74, 6) is 3.48. The lowest BCUT2D eigenvalue weighted by atomic mass is 9.91. The van der Waals surface area contributed by atoms with Gasteiger partial charge in [-0.3, -0.25) is 0 Å². The molecule has 0 aromatic carbocycles. The third-order valence-corrected chi connectivity index (χ3v) is 5.03. The van der Waals surface area contributed by atoms with Gasteiger partial charge in [-0.1, -0.05) is 6.92 Å². The normalized spacial score (nSPS) is 35.6. The van der Waals surface area contributed by atoms with Crippen molar-refractivity contribution in [3.8, 4) is 0 Å². The molecule has 2 nitrogen and oxygen atoms in total. The molecule has 1 heterocycles. The van der Waals surface area contributed by atoms with E-state index in [4.69, 9.17) is 5.73 Å². The van der Waals surface area contributed by atoms with Crippen molar-refractivity contribution in [1.29, 1.82) is 0 Å². The minimum atomic E-state index is 0.278. The maximum Gasteiger partial charge on any atom is 0.0322 e. The van der Waals surface area contributed by atoms with Crippen LogP contribution in [0, 0.1) is 5.92 Å².